The van der Waals surface area contributed by atoms with E-state index >= 15 is 0 Å². The smallest absolute Gasteiger partial charge is 0.279 e. The van der Waals surface area contributed by atoms with Gasteiger partial charge in [-0.2, -0.15) is 0 Å². The lowest BCUT2D eigenvalue weighted by molar-refractivity contribution is -0.128. The highest BCUT2D eigenvalue weighted by Crippen LogP contribution is 2.28. The first-order valence-electron chi connectivity index (χ1n) is 7.26. The van der Waals surface area contributed by atoms with E-state index in [0.29, 0.717) is 21.4 Å². The Kier molecular flexibility index (Phi) is 6.92. The van der Waals surface area contributed by atoms with Crippen LogP contribution in [0.2, 0.25) is 10.0 Å². The summed E-state index contributed by atoms with van der Waals surface area (Å²) >= 11 is 14.0. The van der Waals surface area contributed by atoms with E-state index in [0.717, 1.165) is 9.13 Å². The van der Waals surface area contributed by atoms with Crippen molar-refractivity contribution >= 4 is 57.6 Å². The molecule has 0 heterocycles. The van der Waals surface area contributed by atoms with Crippen LogP contribution in [-0.4, -0.2) is 17.9 Å². The molecule has 2 aromatic rings. The molecule has 2 amide bonds. The normalized spacial score (nSPS) is 11.6. The van der Waals surface area contributed by atoms with Crippen molar-refractivity contribution in [2.24, 2.45) is 0 Å². The van der Waals surface area contributed by atoms with Crippen molar-refractivity contribution in [3.8, 4) is 5.75 Å². The van der Waals surface area contributed by atoms with Crippen LogP contribution in [0.25, 0.3) is 0 Å². The molecular formula is C17H15Cl2IN2O3. The minimum Gasteiger partial charge on any atom is -0.479 e. The molecule has 0 fully saturated rings. The molecule has 8 heteroatoms. The first kappa shape index (κ1) is 19.8. The van der Waals surface area contributed by atoms with E-state index in [1.807, 2.05) is 13.0 Å². The maximum Gasteiger partial charge on any atom is 0.279 e. The van der Waals surface area contributed by atoms with Gasteiger partial charge in [0.15, 0.2) is 6.10 Å². The van der Waals surface area contributed by atoms with Gasteiger partial charge in [0.2, 0.25) is 0 Å². The van der Waals surface area contributed by atoms with Gasteiger partial charge in [-0.1, -0.05) is 29.3 Å². The molecule has 2 rings (SSSR count). The third kappa shape index (κ3) is 5.49. The summed E-state index contributed by atoms with van der Waals surface area (Å²) in [6, 6.07) is 9.96. The number of hydrazine groups is 1. The van der Waals surface area contributed by atoms with Crippen LogP contribution in [0.15, 0.2) is 36.4 Å². The topological polar surface area (TPSA) is 67.4 Å². The second-order valence-electron chi connectivity index (χ2n) is 5.24. The number of rotatable bonds is 4. The summed E-state index contributed by atoms with van der Waals surface area (Å²) in [7, 11) is 0. The standard InChI is InChI=1S/C17H15Cl2IN2O3/c1-9-3-4-11(7-14(9)20)17(24)22-21-16(23)10(2)25-15-6-5-12(18)8-13(15)19/h3-8,10H,1-2H3,(H,21,23)(H,22,24). The Morgan fingerprint density at radius 3 is 2.48 bits per heavy atom. The molecule has 0 bridgehead atoms. The monoisotopic (exact) mass is 492 g/mol. The molecule has 0 aliphatic carbocycles. The van der Waals surface area contributed by atoms with Gasteiger partial charge in [-0.05, 0) is 72.3 Å². The van der Waals surface area contributed by atoms with E-state index < -0.39 is 17.9 Å². The third-order valence-electron chi connectivity index (χ3n) is 3.30. The minimum absolute atomic E-state index is 0.297. The van der Waals surface area contributed by atoms with Gasteiger partial charge >= 0.3 is 0 Å². The van der Waals surface area contributed by atoms with E-state index in [9.17, 15) is 9.59 Å². The van der Waals surface area contributed by atoms with Gasteiger partial charge in [0.1, 0.15) is 5.75 Å². The molecule has 2 aromatic carbocycles. The Hall–Kier alpha value is -1.51. The summed E-state index contributed by atoms with van der Waals surface area (Å²) in [5.74, 6) is -0.600. The molecule has 1 unspecified atom stereocenters. The highest BCUT2D eigenvalue weighted by molar-refractivity contribution is 14.1. The fourth-order valence-electron chi connectivity index (χ4n) is 1.84. The molecule has 0 spiro atoms. The first-order valence-corrected chi connectivity index (χ1v) is 9.09. The number of carbonyl (C=O) groups excluding carboxylic acids is 2. The minimum atomic E-state index is -0.864. The van der Waals surface area contributed by atoms with Gasteiger partial charge in [-0.3, -0.25) is 20.4 Å². The summed E-state index contributed by atoms with van der Waals surface area (Å²) in [6.07, 6.45) is -0.864. The Bertz CT molecular complexity index is 814. The van der Waals surface area contributed by atoms with Crippen LogP contribution < -0.4 is 15.6 Å². The number of benzene rings is 2. The van der Waals surface area contributed by atoms with Crippen LogP contribution >= 0.6 is 45.8 Å². The second kappa shape index (κ2) is 8.73. The predicted molar refractivity (Wildman–Crippen MR) is 106 cm³/mol. The summed E-state index contributed by atoms with van der Waals surface area (Å²) in [5, 5.41) is 0.764. The summed E-state index contributed by atoms with van der Waals surface area (Å²) in [6.45, 7) is 3.49. The molecule has 0 aliphatic heterocycles. The number of nitrogens with one attached hydrogen (secondary N) is 2. The molecule has 2 N–H and O–H groups in total. The zero-order valence-corrected chi connectivity index (χ0v) is 17.1. The Balaban J connectivity index is 1.92. The average Bonchev–Trinajstić information content (AvgIpc) is 2.57. The number of amides is 2. The lowest BCUT2D eigenvalue weighted by Gasteiger charge is -2.16. The van der Waals surface area contributed by atoms with Gasteiger partial charge < -0.3 is 4.74 Å². The number of carbonyl (C=O) groups is 2. The molecule has 0 saturated heterocycles. The van der Waals surface area contributed by atoms with Crippen molar-refractivity contribution < 1.29 is 14.3 Å². The number of aryl methyl sites for hydroxylation is 1. The van der Waals surface area contributed by atoms with Crippen LogP contribution in [0.1, 0.15) is 22.8 Å². The van der Waals surface area contributed by atoms with Gasteiger partial charge in [0.25, 0.3) is 11.8 Å². The second-order valence-corrected chi connectivity index (χ2v) is 7.25. The van der Waals surface area contributed by atoms with Crippen molar-refractivity contribution in [3.05, 3.63) is 61.1 Å². The molecule has 1 atom stereocenters. The molecule has 5 nitrogen and oxygen atoms in total. The lowest BCUT2D eigenvalue weighted by Crippen LogP contribution is -2.47. The Morgan fingerprint density at radius 2 is 1.84 bits per heavy atom. The SMILES string of the molecule is Cc1ccc(C(=O)NNC(=O)C(C)Oc2ccc(Cl)cc2Cl)cc1I. The Labute approximate surface area is 169 Å². The summed E-state index contributed by atoms with van der Waals surface area (Å²) in [4.78, 5) is 24.1. The lowest BCUT2D eigenvalue weighted by atomic mass is 10.1. The van der Waals surface area contributed by atoms with E-state index in [4.69, 9.17) is 27.9 Å². The molecule has 0 saturated carbocycles. The van der Waals surface area contributed by atoms with Crippen molar-refractivity contribution in [2.45, 2.75) is 20.0 Å². The van der Waals surface area contributed by atoms with Crippen molar-refractivity contribution in [2.75, 3.05) is 0 Å². The summed E-state index contributed by atoms with van der Waals surface area (Å²) in [5.41, 5.74) is 6.21. The maximum absolute atomic E-state index is 12.1. The van der Waals surface area contributed by atoms with Gasteiger partial charge in [-0.25, -0.2) is 0 Å². The van der Waals surface area contributed by atoms with Crippen LogP contribution in [-0.2, 0) is 4.79 Å². The Morgan fingerprint density at radius 1 is 1.12 bits per heavy atom. The average molecular weight is 493 g/mol. The van der Waals surface area contributed by atoms with Crippen LogP contribution in [0.3, 0.4) is 0 Å². The fourth-order valence-corrected chi connectivity index (χ4v) is 2.81. The van der Waals surface area contributed by atoms with Crippen LogP contribution in [0.4, 0.5) is 0 Å². The zero-order chi connectivity index (χ0) is 18.6. The highest BCUT2D eigenvalue weighted by Gasteiger charge is 2.17. The number of hydrogen-bond donors (Lipinski definition) is 2. The fraction of sp³-hybridized carbons (Fsp3) is 0.176. The van der Waals surface area contributed by atoms with Crippen molar-refractivity contribution in [1.82, 2.24) is 10.9 Å². The van der Waals surface area contributed by atoms with Gasteiger partial charge in [0, 0.05) is 14.2 Å². The molecule has 132 valence electrons. The van der Waals surface area contributed by atoms with Crippen molar-refractivity contribution in [3.63, 3.8) is 0 Å². The maximum atomic E-state index is 12.1. The highest BCUT2D eigenvalue weighted by atomic mass is 127. The van der Waals surface area contributed by atoms with E-state index in [2.05, 4.69) is 33.4 Å². The van der Waals surface area contributed by atoms with Crippen LogP contribution in [0, 0.1) is 10.5 Å². The molecule has 25 heavy (non-hydrogen) atoms. The van der Waals surface area contributed by atoms with Crippen molar-refractivity contribution in [1.29, 1.82) is 0 Å². The van der Waals surface area contributed by atoms with E-state index in [1.54, 1.807) is 31.2 Å². The van der Waals surface area contributed by atoms with Crippen LogP contribution in [0.5, 0.6) is 5.75 Å². The molecule has 0 radical (unpaired) electrons. The molecule has 0 aliphatic rings. The molecular weight excluding hydrogens is 478 g/mol. The predicted octanol–water partition coefficient (Wildman–Crippen LogP) is 4.13. The largest absolute Gasteiger partial charge is 0.479 e. The zero-order valence-electron chi connectivity index (χ0n) is 13.4. The number of halogens is 3. The quantitative estimate of drug-likeness (QED) is 0.498. The van der Waals surface area contributed by atoms with E-state index in [-0.39, 0.29) is 0 Å². The van der Waals surface area contributed by atoms with Gasteiger partial charge in [0.05, 0.1) is 5.02 Å². The van der Waals surface area contributed by atoms with E-state index in [1.165, 1.54) is 6.07 Å². The third-order valence-corrected chi connectivity index (χ3v) is 4.99. The van der Waals surface area contributed by atoms with Gasteiger partial charge in [-0.15, -0.1) is 0 Å². The summed E-state index contributed by atoms with van der Waals surface area (Å²) < 4.78 is 6.44. The number of hydrogen-bond acceptors (Lipinski definition) is 3. The molecule has 0 aromatic heterocycles. The first-order chi connectivity index (χ1) is 11.8. The number of ether oxygens (including phenoxy) is 1.